The van der Waals surface area contributed by atoms with Gasteiger partial charge < -0.3 is 14.5 Å². The first kappa shape index (κ1) is 15.4. The van der Waals surface area contributed by atoms with Crippen molar-refractivity contribution in [3.63, 3.8) is 0 Å². The Balaban J connectivity index is 1.56. The minimum Gasteiger partial charge on any atom is -0.368 e. The lowest BCUT2D eigenvalue weighted by molar-refractivity contribution is -0.142. The number of rotatable bonds is 2. The smallest absolute Gasteiger partial charge is 0.272 e. The highest BCUT2D eigenvalue weighted by atomic mass is 79.9. The molecule has 2 aliphatic rings. The number of halogens is 1. The Hall–Kier alpha value is -1.47. The van der Waals surface area contributed by atoms with E-state index in [9.17, 15) is 9.59 Å². The molecule has 3 rings (SSSR count). The molecule has 0 aromatic carbocycles. The van der Waals surface area contributed by atoms with Crippen LogP contribution in [0.3, 0.4) is 0 Å². The van der Waals surface area contributed by atoms with E-state index in [-0.39, 0.29) is 17.9 Å². The van der Waals surface area contributed by atoms with Gasteiger partial charge in [-0.1, -0.05) is 0 Å². The van der Waals surface area contributed by atoms with E-state index >= 15 is 0 Å². The number of hydrogen-bond donors (Lipinski definition) is 0. The first-order valence-corrected chi connectivity index (χ1v) is 8.25. The highest BCUT2D eigenvalue weighted by molar-refractivity contribution is 9.10. The van der Waals surface area contributed by atoms with Crippen LogP contribution >= 0.6 is 15.9 Å². The van der Waals surface area contributed by atoms with Gasteiger partial charge in [-0.3, -0.25) is 9.59 Å². The van der Waals surface area contributed by atoms with E-state index in [1.165, 1.54) is 0 Å². The van der Waals surface area contributed by atoms with Crippen LogP contribution < -0.4 is 0 Å². The van der Waals surface area contributed by atoms with Gasteiger partial charge in [-0.2, -0.15) is 0 Å². The van der Waals surface area contributed by atoms with Crippen molar-refractivity contribution in [2.75, 3.05) is 32.8 Å². The van der Waals surface area contributed by atoms with E-state index in [1.807, 2.05) is 0 Å². The number of ether oxygens (including phenoxy) is 1. The minimum atomic E-state index is -0.282. The molecule has 2 saturated heterocycles. The fourth-order valence-electron chi connectivity index (χ4n) is 2.77. The van der Waals surface area contributed by atoms with Crippen LogP contribution in [0.4, 0.5) is 0 Å². The van der Waals surface area contributed by atoms with Gasteiger partial charge in [0.2, 0.25) is 0 Å². The number of carbonyl (C=O) groups excluding carboxylic acids is 2. The zero-order chi connectivity index (χ0) is 15.5. The molecule has 1 aromatic rings. The van der Waals surface area contributed by atoms with Gasteiger partial charge in [0, 0.05) is 43.5 Å². The predicted octanol–water partition coefficient (Wildman–Crippen LogP) is 1.31. The average molecular weight is 368 g/mol. The minimum absolute atomic E-state index is 0.0614. The molecule has 2 amide bonds. The quantitative estimate of drug-likeness (QED) is 0.790. The van der Waals surface area contributed by atoms with Crippen molar-refractivity contribution in [1.29, 1.82) is 0 Å². The Morgan fingerprint density at radius 2 is 1.91 bits per heavy atom. The fourth-order valence-corrected chi connectivity index (χ4v) is 3.00. The van der Waals surface area contributed by atoms with Gasteiger partial charge in [0.25, 0.3) is 11.8 Å². The number of aromatic nitrogens is 1. The summed E-state index contributed by atoms with van der Waals surface area (Å²) < 4.78 is 6.28. The second-order valence-corrected chi connectivity index (χ2v) is 6.40. The fraction of sp³-hybridized carbons (Fsp3) is 0.533. The van der Waals surface area contributed by atoms with Crippen LogP contribution in [0.15, 0.2) is 22.8 Å². The Kier molecular flexibility index (Phi) is 4.73. The van der Waals surface area contributed by atoms with Crippen LogP contribution in [0, 0.1) is 0 Å². The lowest BCUT2D eigenvalue weighted by atomic mass is 10.2. The molecular formula is C15H18BrN3O3. The van der Waals surface area contributed by atoms with E-state index in [4.69, 9.17) is 4.74 Å². The van der Waals surface area contributed by atoms with Crippen molar-refractivity contribution in [2.24, 2.45) is 0 Å². The van der Waals surface area contributed by atoms with Crippen molar-refractivity contribution < 1.29 is 14.3 Å². The van der Waals surface area contributed by atoms with Crippen LogP contribution in [-0.4, -0.2) is 65.5 Å². The lowest BCUT2D eigenvalue weighted by Gasteiger charge is -2.35. The van der Waals surface area contributed by atoms with Crippen LogP contribution in [0.1, 0.15) is 23.3 Å². The molecule has 6 nitrogen and oxygen atoms in total. The van der Waals surface area contributed by atoms with Crippen LogP contribution in [0.5, 0.6) is 0 Å². The molecule has 1 unspecified atom stereocenters. The normalized spacial score (nSPS) is 22.0. The van der Waals surface area contributed by atoms with Gasteiger partial charge in [0.15, 0.2) is 0 Å². The highest BCUT2D eigenvalue weighted by Crippen LogP contribution is 2.17. The highest BCUT2D eigenvalue weighted by Gasteiger charge is 2.31. The summed E-state index contributed by atoms with van der Waals surface area (Å²) in [5.74, 6) is -0.0249. The average Bonchev–Trinajstić information content (AvgIpc) is 3.09. The van der Waals surface area contributed by atoms with E-state index in [0.717, 1.165) is 17.3 Å². The molecule has 1 atom stereocenters. The van der Waals surface area contributed by atoms with Crippen LogP contribution in [-0.2, 0) is 9.53 Å². The molecule has 0 aliphatic carbocycles. The Morgan fingerprint density at radius 3 is 2.50 bits per heavy atom. The summed E-state index contributed by atoms with van der Waals surface area (Å²) in [7, 11) is 0. The maximum absolute atomic E-state index is 12.4. The van der Waals surface area contributed by atoms with E-state index < -0.39 is 0 Å². The predicted molar refractivity (Wildman–Crippen MR) is 83.4 cm³/mol. The van der Waals surface area contributed by atoms with E-state index in [1.54, 1.807) is 28.1 Å². The number of piperazine rings is 1. The van der Waals surface area contributed by atoms with E-state index in [0.29, 0.717) is 38.5 Å². The second-order valence-electron chi connectivity index (χ2n) is 5.48. The number of pyridine rings is 1. The molecule has 0 radical (unpaired) electrons. The van der Waals surface area contributed by atoms with Crippen LogP contribution in [0.2, 0.25) is 0 Å². The molecule has 2 fully saturated rings. The second kappa shape index (κ2) is 6.75. The molecule has 0 N–H and O–H groups in total. The topological polar surface area (TPSA) is 62.7 Å². The molecule has 7 heteroatoms. The summed E-state index contributed by atoms with van der Waals surface area (Å²) in [6.45, 7) is 2.86. The molecule has 1 aromatic heterocycles. The maximum atomic E-state index is 12.4. The molecule has 0 saturated carbocycles. The Labute approximate surface area is 137 Å². The van der Waals surface area contributed by atoms with Gasteiger partial charge >= 0.3 is 0 Å². The van der Waals surface area contributed by atoms with Gasteiger partial charge in [-0.05, 0) is 40.9 Å². The summed E-state index contributed by atoms with van der Waals surface area (Å²) >= 11 is 3.30. The van der Waals surface area contributed by atoms with Crippen molar-refractivity contribution in [3.05, 3.63) is 28.5 Å². The SMILES string of the molecule is O=C(c1ccc(Br)cn1)N1CCN(C(=O)C2CCCO2)CC1. The molecule has 0 bridgehead atoms. The maximum Gasteiger partial charge on any atom is 0.272 e. The van der Waals surface area contributed by atoms with Gasteiger partial charge in [-0.25, -0.2) is 4.98 Å². The third-order valence-corrected chi connectivity index (χ3v) is 4.50. The first-order valence-electron chi connectivity index (χ1n) is 7.46. The van der Waals surface area contributed by atoms with Crippen molar-refractivity contribution in [1.82, 2.24) is 14.8 Å². The molecule has 118 valence electrons. The summed E-state index contributed by atoms with van der Waals surface area (Å²) in [6, 6.07) is 3.51. The summed E-state index contributed by atoms with van der Waals surface area (Å²) in [5, 5.41) is 0. The molecule has 2 aliphatic heterocycles. The first-order chi connectivity index (χ1) is 10.6. The number of amides is 2. The molecular weight excluding hydrogens is 350 g/mol. The summed E-state index contributed by atoms with van der Waals surface area (Å²) in [4.78, 5) is 32.3. The van der Waals surface area contributed by atoms with Gasteiger partial charge in [0.05, 0.1) is 0 Å². The van der Waals surface area contributed by atoms with Gasteiger partial charge in [-0.15, -0.1) is 0 Å². The summed E-state index contributed by atoms with van der Waals surface area (Å²) in [5.41, 5.74) is 0.433. The molecule has 22 heavy (non-hydrogen) atoms. The van der Waals surface area contributed by atoms with Crippen molar-refractivity contribution >= 4 is 27.7 Å². The Morgan fingerprint density at radius 1 is 1.18 bits per heavy atom. The Bertz CT molecular complexity index is 550. The largest absolute Gasteiger partial charge is 0.368 e. The third-order valence-electron chi connectivity index (χ3n) is 4.03. The van der Waals surface area contributed by atoms with Crippen molar-refractivity contribution in [3.8, 4) is 0 Å². The van der Waals surface area contributed by atoms with Crippen molar-refractivity contribution in [2.45, 2.75) is 18.9 Å². The summed E-state index contributed by atoms with van der Waals surface area (Å²) in [6.07, 6.45) is 3.09. The lowest BCUT2D eigenvalue weighted by Crippen LogP contribution is -2.52. The standard InChI is InChI=1S/C15H18BrN3O3/c16-11-3-4-12(17-10-11)14(20)18-5-7-19(8-6-18)15(21)13-2-1-9-22-13/h3-4,10,13H,1-2,5-9H2. The zero-order valence-electron chi connectivity index (χ0n) is 12.2. The number of carbonyl (C=O) groups is 2. The third kappa shape index (κ3) is 3.30. The van der Waals surface area contributed by atoms with E-state index in [2.05, 4.69) is 20.9 Å². The number of nitrogens with zero attached hydrogens (tertiary/aromatic N) is 3. The monoisotopic (exact) mass is 367 g/mol. The number of hydrogen-bond acceptors (Lipinski definition) is 4. The molecule has 3 heterocycles. The molecule has 0 spiro atoms. The van der Waals surface area contributed by atoms with Crippen LogP contribution in [0.25, 0.3) is 0 Å². The van der Waals surface area contributed by atoms with Gasteiger partial charge in [0.1, 0.15) is 11.8 Å². The zero-order valence-corrected chi connectivity index (χ0v) is 13.8.